The van der Waals surface area contributed by atoms with Crippen LogP contribution >= 0.6 is 27.3 Å². The summed E-state index contributed by atoms with van der Waals surface area (Å²) in [6.07, 6.45) is 0.692. The fourth-order valence-corrected chi connectivity index (χ4v) is 2.49. The minimum atomic E-state index is -0.394. The Labute approximate surface area is 81.7 Å². The Morgan fingerprint density at radius 2 is 2.42 bits per heavy atom. The summed E-state index contributed by atoms with van der Waals surface area (Å²) in [7, 11) is 0. The quantitative estimate of drug-likeness (QED) is 0.659. The van der Waals surface area contributed by atoms with E-state index < -0.39 is 4.92 Å². The number of nitrogens with two attached hydrogens (primary N) is 1. The Kier molecular flexibility index (Phi) is 3.19. The molecule has 1 aromatic heterocycles. The Morgan fingerprint density at radius 3 is 2.83 bits per heavy atom. The van der Waals surface area contributed by atoms with Crippen LogP contribution in [0.5, 0.6) is 0 Å². The largest absolute Gasteiger partial charge is 0.338 e. The monoisotopic (exact) mass is 250 g/mol. The van der Waals surface area contributed by atoms with Gasteiger partial charge in [0.2, 0.25) is 0 Å². The van der Waals surface area contributed by atoms with E-state index in [9.17, 15) is 10.1 Å². The molecule has 12 heavy (non-hydrogen) atoms. The van der Waals surface area contributed by atoms with Gasteiger partial charge in [0.25, 0.3) is 0 Å². The number of hydrogen-bond donors (Lipinski definition) is 1. The maximum atomic E-state index is 10.4. The van der Waals surface area contributed by atoms with Gasteiger partial charge in [0.15, 0.2) is 0 Å². The Balaban J connectivity index is 2.92. The fourth-order valence-electron chi connectivity index (χ4n) is 0.795. The smallest absolute Gasteiger partial charge is 0.330 e. The molecule has 66 valence electrons. The molecule has 0 aromatic carbocycles. The van der Waals surface area contributed by atoms with Crippen LogP contribution in [0, 0.1) is 10.1 Å². The van der Waals surface area contributed by atoms with Crippen molar-refractivity contribution in [1.29, 1.82) is 0 Å². The van der Waals surface area contributed by atoms with Crippen molar-refractivity contribution in [3.05, 3.63) is 25.5 Å². The predicted molar refractivity (Wildman–Crippen MR) is 51.4 cm³/mol. The molecule has 1 rings (SSSR count). The lowest BCUT2D eigenvalue weighted by molar-refractivity contribution is -0.380. The lowest BCUT2D eigenvalue weighted by Crippen LogP contribution is -2.00. The first-order valence-electron chi connectivity index (χ1n) is 3.28. The van der Waals surface area contributed by atoms with E-state index in [0.29, 0.717) is 17.4 Å². The molecule has 0 atom stereocenters. The normalized spacial score (nSPS) is 10.2. The van der Waals surface area contributed by atoms with Crippen LogP contribution in [0.25, 0.3) is 0 Å². The summed E-state index contributed by atoms with van der Waals surface area (Å²) in [4.78, 5) is 10.9. The van der Waals surface area contributed by atoms with Gasteiger partial charge in [-0.3, -0.25) is 10.1 Å². The van der Waals surface area contributed by atoms with E-state index in [1.54, 1.807) is 6.07 Å². The maximum absolute atomic E-state index is 10.4. The van der Waals surface area contributed by atoms with Crippen LogP contribution in [0.4, 0.5) is 5.00 Å². The number of nitro groups is 1. The summed E-state index contributed by atoms with van der Waals surface area (Å²) < 4.78 is 0.543. The minimum absolute atomic E-state index is 0.151. The van der Waals surface area contributed by atoms with E-state index in [1.165, 1.54) is 11.3 Å². The molecule has 4 nitrogen and oxygen atoms in total. The lowest BCUT2D eigenvalue weighted by atomic mass is 10.3. The molecule has 6 heteroatoms. The summed E-state index contributed by atoms with van der Waals surface area (Å²) in [5.41, 5.74) is 5.32. The Hall–Kier alpha value is -0.460. The van der Waals surface area contributed by atoms with E-state index in [1.807, 2.05) is 0 Å². The van der Waals surface area contributed by atoms with Crippen molar-refractivity contribution in [3.8, 4) is 0 Å². The zero-order chi connectivity index (χ0) is 9.14. The Morgan fingerprint density at radius 1 is 1.75 bits per heavy atom. The van der Waals surface area contributed by atoms with E-state index in [4.69, 9.17) is 5.73 Å². The van der Waals surface area contributed by atoms with E-state index in [2.05, 4.69) is 15.9 Å². The van der Waals surface area contributed by atoms with Gasteiger partial charge in [-0.25, -0.2) is 0 Å². The third-order valence-electron chi connectivity index (χ3n) is 1.28. The lowest BCUT2D eigenvalue weighted by Gasteiger charge is -1.86. The molecule has 0 saturated heterocycles. The highest BCUT2D eigenvalue weighted by Crippen LogP contribution is 2.34. The first-order chi connectivity index (χ1) is 5.65. The number of halogens is 1. The van der Waals surface area contributed by atoms with Gasteiger partial charge < -0.3 is 5.73 Å². The molecule has 0 unspecified atom stereocenters. The van der Waals surface area contributed by atoms with Gasteiger partial charge in [0.05, 0.1) is 4.92 Å². The molecule has 0 bridgehead atoms. The van der Waals surface area contributed by atoms with Gasteiger partial charge >= 0.3 is 5.00 Å². The van der Waals surface area contributed by atoms with Crippen LogP contribution in [0.3, 0.4) is 0 Å². The highest BCUT2D eigenvalue weighted by Gasteiger charge is 2.16. The van der Waals surface area contributed by atoms with Gasteiger partial charge in [0.1, 0.15) is 4.47 Å². The summed E-state index contributed by atoms with van der Waals surface area (Å²) in [6, 6.07) is 1.75. The molecule has 0 aliphatic rings. The summed E-state index contributed by atoms with van der Waals surface area (Å²) in [5, 5.41) is 10.5. The SMILES string of the molecule is NCCc1cc(Br)c([N+](=O)[O-])s1. The number of thiophene rings is 1. The zero-order valence-electron chi connectivity index (χ0n) is 6.12. The van der Waals surface area contributed by atoms with Crippen molar-refractivity contribution in [2.45, 2.75) is 6.42 Å². The molecule has 0 aliphatic carbocycles. The van der Waals surface area contributed by atoms with Crippen LogP contribution in [0.15, 0.2) is 10.5 Å². The molecular weight excluding hydrogens is 244 g/mol. The van der Waals surface area contributed by atoms with Crippen molar-refractivity contribution >= 4 is 32.3 Å². The number of hydrogen-bond acceptors (Lipinski definition) is 4. The molecule has 1 heterocycles. The first kappa shape index (κ1) is 9.63. The van der Waals surface area contributed by atoms with Crippen LogP contribution in [-0.2, 0) is 6.42 Å². The van der Waals surface area contributed by atoms with Gasteiger partial charge in [-0.2, -0.15) is 0 Å². The molecule has 2 N–H and O–H groups in total. The van der Waals surface area contributed by atoms with Crippen molar-refractivity contribution in [2.75, 3.05) is 6.54 Å². The minimum Gasteiger partial charge on any atom is -0.330 e. The number of nitrogens with zero attached hydrogens (tertiary/aromatic N) is 1. The van der Waals surface area contributed by atoms with Gasteiger partial charge in [0, 0.05) is 4.88 Å². The molecule has 0 spiro atoms. The molecule has 0 aliphatic heterocycles. The molecule has 0 amide bonds. The van der Waals surface area contributed by atoms with Gasteiger partial charge in [-0.05, 0) is 35.0 Å². The summed E-state index contributed by atoms with van der Waals surface area (Å²) in [5.74, 6) is 0. The van der Waals surface area contributed by atoms with Gasteiger partial charge in [-0.15, -0.1) is 0 Å². The van der Waals surface area contributed by atoms with E-state index >= 15 is 0 Å². The van der Waals surface area contributed by atoms with E-state index in [-0.39, 0.29) is 5.00 Å². The van der Waals surface area contributed by atoms with Crippen molar-refractivity contribution < 1.29 is 4.92 Å². The highest BCUT2D eigenvalue weighted by atomic mass is 79.9. The fraction of sp³-hybridized carbons (Fsp3) is 0.333. The average molecular weight is 251 g/mol. The molecular formula is C6H7BrN2O2S. The van der Waals surface area contributed by atoms with Crippen molar-refractivity contribution in [3.63, 3.8) is 0 Å². The second kappa shape index (κ2) is 3.97. The summed E-state index contributed by atoms with van der Waals surface area (Å²) >= 11 is 4.28. The van der Waals surface area contributed by atoms with Gasteiger partial charge in [-0.1, -0.05) is 11.3 Å². The third kappa shape index (κ3) is 2.02. The van der Waals surface area contributed by atoms with Crippen LogP contribution in [0.2, 0.25) is 0 Å². The zero-order valence-corrected chi connectivity index (χ0v) is 8.52. The van der Waals surface area contributed by atoms with Crippen molar-refractivity contribution in [1.82, 2.24) is 0 Å². The second-order valence-electron chi connectivity index (χ2n) is 2.16. The topological polar surface area (TPSA) is 69.2 Å². The molecule has 0 saturated carbocycles. The molecule has 0 radical (unpaired) electrons. The Bertz CT molecular complexity index is 300. The number of rotatable bonds is 3. The standard InChI is InChI=1S/C6H7BrN2O2S/c7-5-3-4(1-2-8)12-6(5)9(10)11/h3H,1-2,8H2. The highest BCUT2D eigenvalue weighted by molar-refractivity contribution is 9.10. The first-order valence-corrected chi connectivity index (χ1v) is 4.88. The van der Waals surface area contributed by atoms with Crippen LogP contribution < -0.4 is 5.73 Å². The van der Waals surface area contributed by atoms with E-state index in [0.717, 1.165) is 4.88 Å². The van der Waals surface area contributed by atoms with Crippen LogP contribution in [0.1, 0.15) is 4.88 Å². The summed E-state index contributed by atoms with van der Waals surface area (Å²) in [6.45, 7) is 0.518. The molecule has 0 fully saturated rings. The van der Waals surface area contributed by atoms with Crippen LogP contribution in [-0.4, -0.2) is 11.5 Å². The maximum Gasteiger partial charge on any atom is 0.338 e. The second-order valence-corrected chi connectivity index (χ2v) is 4.13. The predicted octanol–water partition coefficient (Wildman–Crippen LogP) is 1.92. The van der Waals surface area contributed by atoms with Crippen molar-refractivity contribution in [2.24, 2.45) is 5.73 Å². The molecule has 1 aromatic rings. The average Bonchev–Trinajstić information content (AvgIpc) is 2.32. The third-order valence-corrected chi connectivity index (χ3v) is 3.29.